The van der Waals surface area contributed by atoms with Gasteiger partial charge in [0.25, 0.3) is 5.91 Å². The molecule has 1 aromatic heterocycles. The van der Waals surface area contributed by atoms with Gasteiger partial charge in [0.15, 0.2) is 5.13 Å². The van der Waals surface area contributed by atoms with Gasteiger partial charge in [0.1, 0.15) is 17.1 Å². The Balaban J connectivity index is 1.68. The molecule has 2 aliphatic heterocycles. The third kappa shape index (κ3) is 3.48. The zero-order valence-electron chi connectivity index (χ0n) is 13.2. The van der Waals surface area contributed by atoms with E-state index in [2.05, 4.69) is 10.3 Å². The number of β-lactam (4-membered cyclic amide) rings is 1. The number of aromatic nitrogens is 1. The van der Waals surface area contributed by atoms with E-state index in [1.54, 1.807) is 5.38 Å². The van der Waals surface area contributed by atoms with Crippen molar-refractivity contribution >= 4 is 57.8 Å². The van der Waals surface area contributed by atoms with Gasteiger partial charge in [-0.15, -0.1) is 23.1 Å². The molecule has 0 aliphatic carbocycles. The average Bonchev–Trinajstić information content (AvgIpc) is 2.97. The molecule has 2 amide bonds. The lowest BCUT2D eigenvalue weighted by molar-refractivity contribution is -0.150. The molecule has 0 bridgehead atoms. The van der Waals surface area contributed by atoms with Crippen LogP contribution in [0.2, 0.25) is 0 Å². The number of thiazole rings is 1. The Hall–Kier alpha value is -1.72. The third-order valence-corrected chi connectivity index (χ3v) is 6.50. The lowest BCUT2D eigenvalue weighted by atomic mass is 10.0. The van der Waals surface area contributed by atoms with Crippen LogP contribution < -0.4 is 11.1 Å². The number of hydrogen-bond acceptors (Lipinski definition) is 8. The monoisotopic (exact) mass is 400 g/mol. The Labute approximate surface area is 156 Å². The predicted molar refractivity (Wildman–Crippen MR) is 98.3 cm³/mol. The second-order valence-electron chi connectivity index (χ2n) is 5.50. The van der Waals surface area contributed by atoms with E-state index in [1.807, 2.05) is 6.26 Å². The van der Waals surface area contributed by atoms with Crippen molar-refractivity contribution in [1.82, 2.24) is 15.2 Å². The molecular weight excluding hydrogens is 384 g/mol. The summed E-state index contributed by atoms with van der Waals surface area (Å²) in [7, 11) is 0. The number of thioether (sulfide) groups is 2. The number of rotatable bonds is 6. The number of nitrogen functional groups attached to an aromatic ring is 1. The molecule has 1 fully saturated rings. The molecular formula is C14H16N4O4S3. The number of anilines is 1. The summed E-state index contributed by atoms with van der Waals surface area (Å²) in [5, 5.41) is 13.8. The smallest absolute Gasteiger partial charge is 0.352 e. The average molecular weight is 401 g/mol. The van der Waals surface area contributed by atoms with Crippen molar-refractivity contribution in [2.75, 3.05) is 23.5 Å². The maximum atomic E-state index is 12.4. The van der Waals surface area contributed by atoms with Crippen molar-refractivity contribution in [2.24, 2.45) is 0 Å². The van der Waals surface area contributed by atoms with Gasteiger partial charge in [-0.2, -0.15) is 11.8 Å². The van der Waals surface area contributed by atoms with Gasteiger partial charge in [0.2, 0.25) is 5.91 Å². The van der Waals surface area contributed by atoms with Crippen molar-refractivity contribution in [3.8, 4) is 0 Å². The summed E-state index contributed by atoms with van der Waals surface area (Å²) in [6.07, 6.45) is 1.92. The number of fused-ring (bicyclic) bond motifs is 1. The van der Waals surface area contributed by atoms with Crippen molar-refractivity contribution < 1.29 is 19.5 Å². The summed E-state index contributed by atoms with van der Waals surface area (Å²) in [6, 6.07) is -0.710. The van der Waals surface area contributed by atoms with Crippen LogP contribution in [-0.4, -0.2) is 62.0 Å². The number of aliphatic carboxylic acids is 1. The highest BCUT2D eigenvalue weighted by atomic mass is 32.2. The number of amides is 2. The van der Waals surface area contributed by atoms with E-state index in [9.17, 15) is 19.5 Å². The molecule has 8 nitrogen and oxygen atoms in total. The van der Waals surface area contributed by atoms with Crippen LogP contribution >= 0.6 is 34.9 Å². The first kappa shape index (κ1) is 18.1. The lowest BCUT2D eigenvalue weighted by Crippen LogP contribution is -2.70. The van der Waals surface area contributed by atoms with Crippen LogP contribution in [0.1, 0.15) is 5.69 Å². The Bertz CT molecular complexity index is 763. The van der Waals surface area contributed by atoms with E-state index in [-0.39, 0.29) is 29.3 Å². The van der Waals surface area contributed by atoms with Crippen LogP contribution in [0.25, 0.3) is 0 Å². The first-order chi connectivity index (χ1) is 11.9. The molecule has 25 heavy (non-hydrogen) atoms. The van der Waals surface area contributed by atoms with Gasteiger partial charge >= 0.3 is 5.97 Å². The molecule has 0 saturated carbocycles. The quantitative estimate of drug-likeness (QED) is 0.585. The number of carboxylic acids is 1. The SMILES string of the molecule is CSCC1=C(C(=O)O)N2C(=O)C(NC(=O)Cc3csc(N)n3)[C@H]2SC1. The standard InChI is InChI=1S/C14H16N4O4S3/c1-23-3-6-4-24-12-9(11(20)18(12)10(6)13(21)22)17-8(19)2-7-5-25-14(15)16-7/h5,9,12H,2-4H2,1H3,(H2,15,16)(H,17,19)(H,21,22)/t9?,12-/m1/s1. The number of carbonyl (C=O) groups excluding carboxylic acids is 2. The summed E-state index contributed by atoms with van der Waals surface area (Å²) in [6.45, 7) is 0. The Morgan fingerprint density at radius 1 is 1.56 bits per heavy atom. The largest absolute Gasteiger partial charge is 0.477 e. The van der Waals surface area contributed by atoms with E-state index >= 15 is 0 Å². The maximum absolute atomic E-state index is 12.4. The molecule has 1 saturated heterocycles. The summed E-state index contributed by atoms with van der Waals surface area (Å²) < 4.78 is 0. The van der Waals surface area contributed by atoms with Crippen molar-refractivity contribution in [3.63, 3.8) is 0 Å². The Morgan fingerprint density at radius 3 is 2.92 bits per heavy atom. The highest BCUT2D eigenvalue weighted by molar-refractivity contribution is 8.00. The summed E-state index contributed by atoms with van der Waals surface area (Å²) in [5.74, 6) is -0.733. The van der Waals surface area contributed by atoms with E-state index in [1.165, 1.54) is 39.8 Å². The molecule has 1 aromatic rings. The van der Waals surface area contributed by atoms with E-state index < -0.39 is 12.0 Å². The molecule has 4 N–H and O–H groups in total. The number of nitrogens with two attached hydrogens (primary N) is 1. The second-order valence-corrected chi connectivity index (χ2v) is 8.36. The predicted octanol–water partition coefficient (Wildman–Crippen LogP) is 0.369. The van der Waals surface area contributed by atoms with Gasteiger partial charge in [-0.3, -0.25) is 14.5 Å². The highest BCUT2D eigenvalue weighted by Crippen LogP contribution is 2.40. The number of nitrogens with one attached hydrogen (secondary N) is 1. The van der Waals surface area contributed by atoms with E-state index in [4.69, 9.17) is 5.73 Å². The van der Waals surface area contributed by atoms with Crippen molar-refractivity contribution in [3.05, 3.63) is 22.3 Å². The van der Waals surface area contributed by atoms with E-state index in [0.717, 1.165) is 5.57 Å². The van der Waals surface area contributed by atoms with Gasteiger partial charge in [-0.05, 0) is 11.8 Å². The van der Waals surface area contributed by atoms with Crippen LogP contribution in [-0.2, 0) is 20.8 Å². The molecule has 3 heterocycles. The molecule has 2 atom stereocenters. The third-order valence-electron chi connectivity index (χ3n) is 3.80. The highest BCUT2D eigenvalue weighted by Gasteiger charge is 2.54. The number of hydrogen-bond donors (Lipinski definition) is 3. The maximum Gasteiger partial charge on any atom is 0.352 e. The van der Waals surface area contributed by atoms with Crippen LogP contribution in [0, 0.1) is 0 Å². The van der Waals surface area contributed by atoms with Crippen LogP contribution in [0.4, 0.5) is 5.13 Å². The minimum atomic E-state index is -1.11. The van der Waals surface area contributed by atoms with Crippen LogP contribution in [0.3, 0.4) is 0 Å². The molecule has 2 aliphatic rings. The first-order valence-electron chi connectivity index (χ1n) is 7.30. The number of nitrogens with zero attached hydrogens (tertiary/aromatic N) is 2. The number of carboxylic acid groups (broad SMARTS) is 1. The van der Waals surface area contributed by atoms with Crippen LogP contribution in [0.15, 0.2) is 16.7 Å². The molecule has 1 unspecified atom stereocenters. The molecule has 134 valence electrons. The van der Waals surface area contributed by atoms with Gasteiger partial charge < -0.3 is 16.2 Å². The molecule has 0 radical (unpaired) electrons. The van der Waals surface area contributed by atoms with Crippen molar-refractivity contribution in [2.45, 2.75) is 17.8 Å². The molecule has 0 aromatic carbocycles. The summed E-state index contributed by atoms with van der Waals surface area (Å²) in [5.41, 5.74) is 6.87. The zero-order valence-corrected chi connectivity index (χ0v) is 15.7. The van der Waals surface area contributed by atoms with Gasteiger partial charge in [0, 0.05) is 16.9 Å². The fourth-order valence-electron chi connectivity index (χ4n) is 2.76. The molecule has 3 rings (SSSR count). The lowest BCUT2D eigenvalue weighted by Gasteiger charge is -2.49. The Morgan fingerprint density at radius 2 is 2.32 bits per heavy atom. The summed E-state index contributed by atoms with van der Waals surface area (Å²) in [4.78, 5) is 41.4. The summed E-state index contributed by atoms with van der Waals surface area (Å²) >= 11 is 4.23. The minimum absolute atomic E-state index is 0.0359. The van der Waals surface area contributed by atoms with E-state index in [0.29, 0.717) is 22.3 Å². The van der Waals surface area contributed by atoms with Crippen molar-refractivity contribution in [1.29, 1.82) is 0 Å². The van der Waals surface area contributed by atoms with Crippen LogP contribution in [0.5, 0.6) is 0 Å². The fraction of sp³-hybridized carbons (Fsp3) is 0.429. The number of carbonyl (C=O) groups is 3. The zero-order chi connectivity index (χ0) is 18.1. The Kier molecular flexibility index (Phi) is 5.25. The molecule has 0 spiro atoms. The topological polar surface area (TPSA) is 126 Å². The minimum Gasteiger partial charge on any atom is -0.477 e. The first-order valence-corrected chi connectivity index (χ1v) is 10.6. The second kappa shape index (κ2) is 7.26. The van der Waals surface area contributed by atoms with Gasteiger partial charge in [0.05, 0.1) is 12.1 Å². The van der Waals surface area contributed by atoms with Gasteiger partial charge in [-0.1, -0.05) is 0 Å². The normalized spacial score (nSPS) is 22.4. The fourth-order valence-corrected chi connectivity index (χ4v) is 5.39. The van der Waals surface area contributed by atoms with Gasteiger partial charge in [-0.25, -0.2) is 9.78 Å². The molecule has 11 heteroatoms.